The Bertz CT molecular complexity index is 427. The van der Waals surface area contributed by atoms with Crippen LogP contribution in [0.3, 0.4) is 0 Å². The smallest absolute Gasteiger partial charge is 0.127 e. The van der Waals surface area contributed by atoms with Crippen LogP contribution in [0.5, 0.6) is 0 Å². The van der Waals surface area contributed by atoms with Gasteiger partial charge in [0, 0.05) is 19.3 Å². The molecule has 18 heavy (non-hydrogen) atoms. The van der Waals surface area contributed by atoms with E-state index in [0.29, 0.717) is 17.4 Å². The second-order valence-corrected chi connectivity index (χ2v) is 4.91. The molecule has 0 radical (unpaired) electrons. The second-order valence-electron chi connectivity index (χ2n) is 4.91. The summed E-state index contributed by atoms with van der Waals surface area (Å²) in [5.74, 6) is 1.66. The minimum absolute atomic E-state index is 0.276. The second kappa shape index (κ2) is 6.36. The Labute approximate surface area is 108 Å². The summed E-state index contributed by atoms with van der Waals surface area (Å²) in [6.45, 7) is 1.10. The first kappa shape index (κ1) is 12.8. The number of nitriles is 1. The van der Waals surface area contributed by atoms with Gasteiger partial charge < -0.3 is 10.4 Å². The maximum atomic E-state index is 9.35. The summed E-state index contributed by atoms with van der Waals surface area (Å²) in [5, 5.41) is 21.5. The van der Waals surface area contributed by atoms with Crippen LogP contribution in [-0.2, 0) is 0 Å². The maximum Gasteiger partial charge on any atom is 0.127 e. The highest BCUT2D eigenvalue weighted by atomic mass is 16.3. The molecule has 0 bridgehead atoms. The van der Waals surface area contributed by atoms with Gasteiger partial charge in [-0.2, -0.15) is 5.26 Å². The average molecular weight is 245 g/mol. The average Bonchev–Trinajstić information content (AvgIpc) is 2.45. The predicted molar refractivity (Wildman–Crippen MR) is 70.0 cm³/mol. The topological polar surface area (TPSA) is 68.9 Å². The summed E-state index contributed by atoms with van der Waals surface area (Å²) in [7, 11) is 0. The molecule has 0 amide bonds. The first-order chi connectivity index (χ1) is 8.83. The largest absolute Gasteiger partial charge is 0.396 e. The first-order valence-corrected chi connectivity index (χ1v) is 6.54. The standard InChI is InChI=1S/C14H19N3O/c15-8-11-5-6-16-14(7-11)17-9-12-3-1-2-4-13(12)10-18/h5-7,12-13,18H,1-4,9-10H2,(H,16,17). The van der Waals surface area contributed by atoms with Crippen molar-refractivity contribution in [3.8, 4) is 6.07 Å². The van der Waals surface area contributed by atoms with Crippen molar-refractivity contribution in [3.05, 3.63) is 23.9 Å². The van der Waals surface area contributed by atoms with Gasteiger partial charge >= 0.3 is 0 Å². The molecular formula is C14H19N3O. The van der Waals surface area contributed by atoms with Crippen molar-refractivity contribution in [2.45, 2.75) is 25.7 Å². The van der Waals surface area contributed by atoms with E-state index in [0.717, 1.165) is 25.2 Å². The van der Waals surface area contributed by atoms with Gasteiger partial charge in [0.25, 0.3) is 0 Å². The molecule has 4 heteroatoms. The minimum Gasteiger partial charge on any atom is -0.396 e. The first-order valence-electron chi connectivity index (χ1n) is 6.54. The van der Waals surface area contributed by atoms with E-state index in [2.05, 4.69) is 16.4 Å². The number of rotatable bonds is 4. The molecule has 1 aromatic rings. The molecule has 0 saturated heterocycles. The molecule has 2 N–H and O–H groups in total. The van der Waals surface area contributed by atoms with E-state index in [1.165, 1.54) is 12.8 Å². The normalized spacial score (nSPS) is 23.3. The molecule has 0 aliphatic heterocycles. The van der Waals surface area contributed by atoms with E-state index in [1.807, 2.05) is 0 Å². The lowest BCUT2D eigenvalue weighted by Crippen LogP contribution is -2.28. The summed E-state index contributed by atoms with van der Waals surface area (Å²) in [6.07, 6.45) is 6.40. The van der Waals surface area contributed by atoms with Crippen LogP contribution < -0.4 is 5.32 Å². The van der Waals surface area contributed by atoms with Gasteiger partial charge in [-0.15, -0.1) is 0 Å². The van der Waals surface area contributed by atoms with Crippen LogP contribution in [-0.4, -0.2) is 23.2 Å². The van der Waals surface area contributed by atoms with Gasteiger partial charge in [-0.25, -0.2) is 4.98 Å². The lowest BCUT2D eigenvalue weighted by Gasteiger charge is -2.30. The Kier molecular flexibility index (Phi) is 4.54. The molecule has 2 unspecified atom stereocenters. The third-order valence-corrected chi connectivity index (χ3v) is 3.74. The summed E-state index contributed by atoms with van der Waals surface area (Å²) in [4.78, 5) is 4.20. The SMILES string of the molecule is N#Cc1ccnc(NCC2CCCCC2CO)c1. The zero-order valence-corrected chi connectivity index (χ0v) is 10.5. The fourth-order valence-electron chi connectivity index (χ4n) is 2.63. The van der Waals surface area contributed by atoms with Crippen molar-refractivity contribution in [2.24, 2.45) is 11.8 Å². The van der Waals surface area contributed by atoms with Gasteiger partial charge in [0.1, 0.15) is 5.82 Å². The van der Waals surface area contributed by atoms with Crippen LogP contribution in [0.4, 0.5) is 5.82 Å². The molecule has 1 heterocycles. The van der Waals surface area contributed by atoms with Gasteiger partial charge in [-0.05, 0) is 36.8 Å². The van der Waals surface area contributed by atoms with E-state index >= 15 is 0 Å². The summed E-state index contributed by atoms with van der Waals surface area (Å²) in [5.41, 5.74) is 0.620. The van der Waals surface area contributed by atoms with Gasteiger partial charge in [-0.1, -0.05) is 12.8 Å². The van der Waals surface area contributed by atoms with E-state index in [1.54, 1.807) is 18.3 Å². The van der Waals surface area contributed by atoms with Crippen LogP contribution in [0, 0.1) is 23.2 Å². The number of hydrogen-bond donors (Lipinski definition) is 2. The molecule has 1 aliphatic rings. The molecular weight excluding hydrogens is 226 g/mol. The highest BCUT2D eigenvalue weighted by Crippen LogP contribution is 2.29. The molecule has 4 nitrogen and oxygen atoms in total. The van der Waals surface area contributed by atoms with Gasteiger partial charge in [0.2, 0.25) is 0 Å². The maximum absolute atomic E-state index is 9.35. The lowest BCUT2D eigenvalue weighted by molar-refractivity contribution is 0.141. The van der Waals surface area contributed by atoms with Gasteiger partial charge in [0.05, 0.1) is 11.6 Å². The monoisotopic (exact) mass is 245 g/mol. The van der Waals surface area contributed by atoms with Crippen molar-refractivity contribution < 1.29 is 5.11 Å². The quantitative estimate of drug-likeness (QED) is 0.853. The van der Waals surface area contributed by atoms with E-state index in [-0.39, 0.29) is 6.61 Å². The number of aliphatic hydroxyl groups is 1. The van der Waals surface area contributed by atoms with Gasteiger partial charge in [0.15, 0.2) is 0 Å². The third kappa shape index (κ3) is 3.21. The molecule has 1 fully saturated rings. The molecule has 96 valence electrons. The van der Waals surface area contributed by atoms with Crippen molar-refractivity contribution in [3.63, 3.8) is 0 Å². The highest BCUT2D eigenvalue weighted by Gasteiger charge is 2.24. The number of pyridine rings is 1. The van der Waals surface area contributed by atoms with E-state index in [4.69, 9.17) is 5.26 Å². The molecule has 0 aromatic carbocycles. The van der Waals surface area contributed by atoms with Gasteiger partial charge in [-0.3, -0.25) is 0 Å². The Morgan fingerprint density at radius 2 is 2.17 bits per heavy atom. The Balaban J connectivity index is 1.91. The summed E-state index contributed by atoms with van der Waals surface area (Å²) >= 11 is 0. The lowest BCUT2D eigenvalue weighted by atomic mass is 9.79. The third-order valence-electron chi connectivity index (χ3n) is 3.74. The van der Waals surface area contributed by atoms with E-state index in [9.17, 15) is 5.11 Å². The number of nitrogens with one attached hydrogen (secondary N) is 1. The number of anilines is 1. The molecule has 1 saturated carbocycles. The van der Waals surface area contributed by atoms with Crippen molar-refractivity contribution >= 4 is 5.82 Å². The van der Waals surface area contributed by atoms with Crippen LogP contribution >= 0.6 is 0 Å². The minimum atomic E-state index is 0.276. The summed E-state index contributed by atoms with van der Waals surface area (Å²) < 4.78 is 0. The van der Waals surface area contributed by atoms with Crippen LogP contribution in [0.1, 0.15) is 31.2 Å². The number of hydrogen-bond acceptors (Lipinski definition) is 4. The Morgan fingerprint density at radius 1 is 1.39 bits per heavy atom. The zero-order chi connectivity index (χ0) is 12.8. The fraction of sp³-hybridized carbons (Fsp3) is 0.571. The Morgan fingerprint density at radius 3 is 2.89 bits per heavy atom. The van der Waals surface area contributed by atoms with Crippen molar-refractivity contribution in [1.82, 2.24) is 4.98 Å². The molecule has 1 aliphatic carbocycles. The zero-order valence-electron chi connectivity index (χ0n) is 10.5. The fourth-order valence-corrected chi connectivity index (χ4v) is 2.63. The Hall–Kier alpha value is -1.60. The molecule has 0 spiro atoms. The predicted octanol–water partition coefficient (Wildman–Crippen LogP) is 2.16. The highest BCUT2D eigenvalue weighted by molar-refractivity contribution is 5.42. The van der Waals surface area contributed by atoms with Crippen LogP contribution in [0.15, 0.2) is 18.3 Å². The van der Waals surface area contributed by atoms with E-state index < -0.39 is 0 Å². The number of aromatic nitrogens is 1. The van der Waals surface area contributed by atoms with Crippen LogP contribution in [0.25, 0.3) is 0 Å². The molecule has 2 rings (SSSR count). The van der Waals surface area contributed by atoms with Crippen molar-refractivity contribution in [1.29, 1.82) is 5.26 Å². The molecule has 1 aromatic heterocycles. The summed E-state index contributed by atoms with van der Waals surface area (Å²) in [6, 6.07) is 5.56. The number of nitrogens with zero attached hydrogens (tertiary/aromatic N) is 2. The number of aliphatic hydroxyl groups excluding tert-OH is 1. The van der Waals surface area contributed by atoms with Crippen molar-refractivity contribution in [2.75, 3.05) is 18.5 Å². The molecule has 2 atom stereocenters. The van der Waals surface area contributed by atoms with Crippen LogP contribution in [0.2, 0.25) is 0 Å².